The second-order valence-electron chi connectivity index (χ2n) is 7.61. The first-order chi connectivity index (χ1) is 14.2. The summed E-state index contributed by atoms with van der Waals surface area (Å²) in [7, 11) is 3.50. The number of rotatable bonds is 7. The lowest BCUT2D eigenvalue weighted by atomic mass is 9.92. The molecule has 0 spiro atoms. The van der Waals surface area contributed by atoms with Gasteiger partial charge in [-0.15, -0.1) is 0 Å². The molecule has 4 rings (SSSR count). The average Bonchev–Trinajstić information content (AvgIpc) is 3.28. The van der Waals surface area contributed by atoms with E-state index in [1.165, 1.54) is 0 Å². The van der Waals surface area contributed by atoms with Gasteiger partial charge in [0.15, 0.2) is 0 Å². The van der Waals surface area contributed by atoms with Crippen LogP contribution in [0.25, 0.3) is 16.6 Å². The zero-order valence-corrected chi connectivity index (χ0v) is 17.0. The molecule has 0 radical (unpaired) electrons. The van der Waals surface area contributed by atoms with Crippen molar-refractivity contribution in [2.45, 2.75) is 37.8 Å². The largest absolute Gasteiger partial charge is 0.382 e. The van der Waals surface area contributed by atoms with Crippen LogP contribution < -0.4 is 10.9 Å². The summed E-state index contributed by atoms with van der Waals surface area (Å²) in [5, 5.41) is 4.67. The van der Waals surface area contributed by atoms with E-state index >= 15 is 0 Å². The Labute approximate surface area is 170 Å². The highest BCUT2D eigenvalue weighted by atomic mass is 16.5. The maximum atomic E-state index is 12.5. The molecule has 7 nitrogen and oxygen atoms in total. The van der Waals surface area contributed by atoms with Gasteiger partial charge in [-0.25, -0.2) is 4.98 Å². The molecule has 1 saturated carbocycles. The van der Waals surface area contributed by atoms with Gasteiger partial charge in [0.1, 0.15) is 0 Å². The zero-order chi connectivity index (χ0) is 20.2. The van der Waals surface area contributed by atoms with Crippen LogP contribution in [0.5, 0.6) is 0 Å². The molecule has 29 heavy (non-hydrogen) atoms. The van der Waals surface area contributed by atoms with Crippen LogP contribution in [-0.2, 0) is 16.5 Å². The van der Waals surface area contributed by atoms with Crippen LogP contribution in [0.2, 0.25) is 0 Å². The van der Waals surface area contributed by atoms with E-state index in [0.29, 0.717) is 25.4 Å². The number of aromatic nitrogens is 3. The number of hydrogen-bond donors (Lipinski definition) is 1. The lowest BCUT2D eigenvalue weighted by Crippen LogP contribution is -2.31. The molecule has 154 valence electrons. The van der Waals surface area contributed by atoms with Gasteiger partial charge in [0, 0.05) is 55.4 Å². The van der Waals surface area contributed by atoms with Crippen molar-refractivity contribution in [3.63, 3.8) is 0 Å². The Hall–Kier alpha value is -2.64. The second-order valence-corrected chi connectivity index (χ2v) is 7.61. The molecule has 2 heterocycles. The fraction of sp³-hybridized carbons (Fsp3) is 0.455. The molecule has 7 heteroatoms. The number of fused-ring (bicyclic) bond motifs is 1. The molecule has 0 unspecified atom stereocenters. The van der Waals surface area contributed by atoms with Crippen molar-refractivity contribution >= 4 is 16.6 Å². The van der Waals surface area contributed by atoms with Crippen molar-refractivity contribution in [1.82, 2.24) is 14.1 Å². The molecule has 2 aromatic heterocycles. The van der Waals surface area contributed by atoms with Crippen LogP contribution in [0.4, 0.5) is 5.69 Å². The van der Waals surface area contributed by atoms with E-state index in [1.807, 2.05) is 29.9 Å². The minimum Gasteiger partial charge on any atom is -0.382 e. The van der Waals surface area contributed by atoms with Gasteiger partial charge in [0.25, 0.3) is 5.56 Å². The summed E-state index contributed by atoms with van der Waals surface area (Å²) in [6, 6.07) is 8.16. The Morgan fingerprint density at radius 1 is 1.17 bits per heavy atom. The summed E-state index contributed by atoms with van der Waals surface area (Å²) >= 11 is 0. The summed E-state index contributed by atoms with van der Waals surface area (Å²) in [6.07, 6.45) is 9.84. The SMILES string of the molecule is COCCOC1CCC(Nc2cc(=O)n(C)c3ccc(-n4ccnc4)cc23)CC1. The molecule has 1 fully saturated rings. The fourth-order valence-corrected chi connectivity index (χ4v) is 4.03. The van der Waals surface area contributed by atoms with Crippen molar-refractivity contribution in [2.24, 2.45) is 7.05 Å². The Morgan fingerprint density at radius 2 is 2.00 bits per heavy atom. The Balaban J connectivity index is 1.55. The van der Waals surface area contributed by atoms with Gasteiger partial charge in [-0.1, -0.05) is 0 Å². The van der Waals surface area contributed by atoms with Gasteiger partial charge in [0.05, 0.1) is 31.2 Å². The molecule has 0 atom stereocenters. The molecule has 0 aliphatic heterocycles. The Bertz CT molecular complexity index is 1000. The Kier molecular flexibility index (Phi) is 5.97. The van der Waals surface area contributed by atoms with Crippen molar-refractivity contribution in [3.8, 4) is 5.69 Å². The first kappa shape index (κ1) is 19.7. The number of nitrogens with one attached hydrogen (secondary N) is 1. The summed E-state index contributed by atoms with van der Waals surface area (Å²) in [5.41, 5.74) is 2.83. The predicted octanol–water partition coefficient (Wildman–Crippen LogP) is 3.11. The number of imidazole rings is 1. The summed E-state index contributed by atoms with van der Waals surface area (Å²) in [4.78, 5) is 16.6. The van der Waals surface area contributed by atoms with E-state index in [-0.39, 0.29) is 5.56 Å². The first-order valence-corrected chi connectivity index (χ1v) is 10.1. The van der Waals surface area contributed by atoms with Gasteiger partial charge in [0.2, 0.25) is 0 Å². The lowest BCUT2D eigenvalue weighted by molar-refractivity contribution is -0.00154. The lowest BCUT2D eigenvalue weighted by Gasteiger charge is -2.30. The predicted molar refractivity (Wildman–Crippen MR) is 114 cm³/mol. The molecule has 1 N–H and O–H groups in total. The van der Waals surface area contributed by atoms with Gasteiger partial charge >= 0.3 is 0 Å². The molecule has 0 bridgehead atoms. The molecule has 1 aliphatic carbocycles. The van der Waals surface area contributed by atoms with Gasteiger partial charge in [-0.2, -0.15) is 0 Å². The van der Waals surface area contributed by atoms with Crippen molar-refractivity contribution in [2.75, 3.05) is 25.6 Å². The van der Waals surface area contributed by atoms with Gasteiger partial charge in [-0.3, -0.25) is 4.79 Å². The van der Waals surface area contributed by atoms with E-state index in [4.69, 9.17) is 9.47 Å². The van der Waals surface area contributed by atoms with Gasteiger partial charge in [-0.05, 0) is 43.9 Å². The summed E-state index contributed by atoms with van der Waals surface area (Å²) in [6.45, 7) is 1.28. The highest BCUT2D eigenvalue weighted by Gasteiger charge is 2.22. The number of anilines is 1. The third-order valence-corrected chi connectivity index (χ3v) is 5.71. The van der Waals surface area contributed by atoms with Crippen LogP contribution in [0, 0.1) is 0 Å². The maximum Gasteiger partial charge on any atom is 0.252 e. The first-order valence-electron chi connectivity index (χ1n) is 10.1. The molecular weight excluding hydrogens is 368 g/mol. The number of ether oxygens (including phenoxy) is 2. The molecule has 1 aromatic carbocycles. The third-order valence-electron chi connectivity index (χ3n) is 5.71. The number of aryl methyl sites for hydroxylation is 1. The minimum absolute atomic E-state index is 0.00744. The summed E-state index contributed by atoms with van der Waals surface area (Å²) in [5.74, 6) is 0. The summed E-state index contributed by atoms with van der Waals surface area (Å²) < 4.78 is 14.6. The minimum atomic E-state index is -0.00744. The van der Waals surface area contributed by atoms with Crippen LogP contribution in [0.15, 0.2) is 47.8 Å². The normalized spacial score (nSPS) is 19.5. The zero-order valence-electron chi connectivity index (χ0n) is 17.0. The third kappa shape index (κ3) is 4.36. The molecular formula is C22H28N4O3. The van der Waals surface area contributed by atoms with Crippen molar-refractivity contribution in [1.29, 1.82) is 0 Å². The van der Waals surface area contributed by atoms with Crippen molar-refractivity contribution in [3.05, 3.63) is 53.3 Å². The quantitative estimate of drug-likeness (QED) is 0.622. The monoisotopic (exact) mass is 396 g/mol. The van der Waals surface area contributed by atoms with Crippen LogP contribution in [0.1, 0.15) is 25.7 Å². The topological polar surface area (TPSA) is 70.3 Å². The highest BCUT2D eigenvalue weighted by Crippen LogP contribution is 2.29. The smallest absolute Gasteiger partial charge is 0.252 e. The van der Waals surface area contributed by atoms with E-state index in [9.17, 15) is 4.79 Å². The van der Waals surface area contributed by atoms with E-state index in [2.05, 4.69) is 16.4 Å². The van der Waals surface area contributed by atoms with E-state index in [1.54, 1.807) is 30.3 Å². The van der Waals surface area contributed by atoms with Crippen LogP contribution >= 0.6 is 0 Å². The molecule has 0 saturated heterocycles. The van der Waals surface area contributed by atoms with Crippen LogP contribution in [-0.4, -0.2) is 46.6 Å². The highest BCUT2D eigenvalue weighted by molar-refractivity contribution is 5.93. The van der Waals surface area contributed by atoms with E-state index < -0.39 is 0 Å². The van der Waals surface area contributed by atoms with Crippen molar-refractivity contribution < 1.29 is 9.47 Å². The number of methoxy groups -OCH3 is 1. The Morgan fingerprint density at radius 3 is 2.72 bits per heavy atom. The second kappa shape index (κ2) is 8.80. The number of pyridine rings is 1. The standard InChI is InChI=1S/C22H28N4O3/c1-25-21-8-5-17(26-10-9-23-15-26)13-19(21)20(14-22(25)27)24-16-3-6-18(7-4-16)29-12-11-28-2/h5,8-10,13-16,18,24H,3-4,6-7,11-12H2,1-2H3. The molecule has 1 aliphatic rings. The van der Waals surface area contributed by atoms with E-state index in [0.717, 1.165) is 48.0 Å². The van der Waals surface area contributed by atoms with Gasteiger partial charge < -0.3 is 23.9 Å². The average molecular weight is 396 g/mol. The number of hydrogen-bond acceptors (Lipinski definition) is 5. The number of nitrogens with zero attached hydrogens (tertiary/aromatic N) is 3. The maximum absolute atomic E-state index is 12.5. The molecule has 0 amide bonds. The number of benzene rings is 1. The fourth-order valence-electron chi connectivity index (χ4n) is 4.03. The molecule has 3 aromatic rings. The van der Waals surface area contributed by atoms with Crippen LogP contribution in [0.3, 0.4) is 0 Å².